The molecule has 14 heavy (non-hydrogen) atoms. The molecule has 80 valence electrons. The van der Waals surface area contributed by atoms with Crippen LogP contribution >= 0.6 is 11.3 Å². The standard InChI is InChI=1S/C7H13N3O2S2/c1-2-3-14(11,12)9-4-6-5-13-7(8)10-6/h5,9H,2-4H2,1H3,(H2,8,10). The number of hydrogen-bond acceptors (Lipinski definition) is 5. The molecular weight excluding hydrogens is 222 g/mol. The summed E-state index contributed by atoms with van der Waals surface area (Å²) in [6.07, 6.45) is 0.606. The van der Waals surface area contributed by atoms with Gasteiger partial charge in [-0.25, -0.2) is 18.1 Å². The highest BCUT2D eigenvalue weighted by Crippen LogP contribution is 2.10. The second-order valence-electron chi connectivity index (χ2n) is 2.82. The lowest BCUT2D eigenvalue weighted by Crippen LogP contribution is -2.25. The summed E-state index contributed by atoms with van der Waals surface area (Å²) in [5.41, 5.74) is 6.07. The first kappa shape index (κ1) is 11.4. The molecule has 0 bridgehead atoms. The average molecular weight is 235 g/mol. The smallest absolute Gasteiger partial charge is 0.211 e. The van der Waals surface area contributed by atoms with E-state index in [2.05, 4.69) is 9.71 Å². The first-order valence-corrected chi connectivity index (χ1v) is 6.74. The van der Waals surface area contributed by atoms with Gasteiger partial charge in [-0.1, -0.05) is 6.92 Å². The summed E-state index contributed by atoms with van der Waals surface area (Å²) in [6.45, 7) is 2.04. The Morgan fingerprint density at radius 1 is 1.64 bits per heavy atom. The van der Waals surface area contributed by atoms with Crippen LogP contribution in [0.15, 0.2) is 5.38 Å². The van der Waals surface area contributed by atoms with Gasteiger partial charge in [0.25, 0.3) is 0 Å². The van der Waals surface area contributed by atoms with Gasteiger partial charge >= 0.3 is 0 Å². The monoisotopic (exact) mass is 235 g/mol. The highest BCUT2D eigenvalue weighted by atomic mass is 32.2. The van der Waals surface area contributed by atoms with Crippen molar-refractivity contribution in [1.82, 2.24) is 9.71 Å². The molecule has 0 aliphatic carbocycles. The van der Waals surface area contributed by atoms with Crippen LogP contribution in [0.1, 0.15) is 19.0 Å². The molecule has 0 spiro atoms. The van der Waals surface area contributed by atoms with E-state index in [1.165, 1.54) is 11.3 Å². The summed E-state index contributed by atoms with van der Waals surface area (Å²) in [7, 11) is -3.15. The number of aromatic nitrogens is 1. The van der Waals surface area contributed by atoms with Crippen LogP contribution in [0.4, 0.5) is 5.13 Å². The molecule has 1 aromatic heterocycles. The molecule has 0 aliphatic rings. The molecule has 0 unspecified atom stereocenters. The number of anilines is 1. The number of rotatable bonds is 5. The van der Waals surface area contributed by atoms with E-state index in [0.29, 0.717) is 17.2 Å². The minimum absolute atomic E-state index is 0.145. The number of sulfonamides is 1. The quantitative estimate of drug-likeness (QED) is 0.780. The SMILES string of the molecule is CCCS(=O)(=O)NCc1csc(N)n1. The van der Waals surface area contributed by atoms with Gasteiger partial charge < -0.3 is 5.73 Å². The number of hydrogen-bond donors (Lipinski definition) is 2. The van der Waals surface area contributed by atoms with E-state index in [1.807, 2.05) is 6.92 Å². The fourth-order valence-electron chi connectivity index (χ4n) is 0.929. The van der Waals surface area contributed by atoms with Gasteiger partial charge in [0.15, 0.2) is 5.13 Å². The van der Waals surface area contributed by atoms with Crippen LogP contribution in [-0.4, -0.2) is 19.2 Å². The largest absolute Gasteiger partial charge is 0.375 e. The van der Waals surface area contributed by atoms with Crippen molar-refractivity contribution in [2.75, 3.05) is 11.5 Å². The molecule has 0 saturated carbocycles. The topological polar surface area (TPSA) is 85.1 Å². The summed E-state index contributed by atoms with van der Waals surface area (Å²) >= 11 is 1.30. The molecule has 5 nitrogen and oxygen atoms in total. The zero-order chi connectivity index (χ0) is 10.6. The van der Waals surface area contributed by atoms with E-state index in [4.69, 9.17) is 5.73 Å². The Labute approximate surface area is 87.4 Å². The molecule has 1 aromatic rings. The van der Waals surface area contributed by atoms with Crippen LogP contribution in [0.5, 0.6) is 0 Å². The van der Waals surface area contributed by atoms with Gasteiger partial charge in [-0.2, -0.15) is 0 Å². The number of nitrogens with zero attached hydrogens (tertiary/aromatic N) is 1. The maximum Gasteiger partial charge on any atom is 0.211 e. The Kier molecular flexibility index (Phi) is 3.85. The van der Waals surface area contributed by atoms with E-state index in [0.717, 1.165) is 0 Å². The highest BCUT2D eigenvalue weighted by Gasteiger charge is 2.08. The maximum absolute atomic E-state index is 11.2. The van der Waals surface area contributed by atoms with Gasteiger partial charge in [-0.05, 0) is 6.42 Å². The van der Waals surface area contributed by atoms with Crippen molar-refractivity contribution in [2.24, 2.45) is 0 Å². The molecule has 1 heterocycles. The van der Waals surface area contributed by atoms with Crippen molar-refractivity contribution >= 4 is 26.5 Å². The van der Waals surface area contributed by atoms with Crippen molar-refractivity contribution in [1.29, 1.82) is 0 Å². The predicted octanol–water partition coefficient (Wildman–Crippen LogP) is 0.555. The van der Waals surface area contributed by atoms with Crippen LogP contribution in [0.2, 0.25) is 0 Å². The lowest BCUT2D eigenvalue weighted by molar-refractivity contribution is 0.579. The normalized spacial score (nSPS) is 11.8. The van der Waals surface area contributed by atoms with Gasteiger partial charge in [0.2, 0.25) is 10.0 Å². The lowest BCUT2D eigenvalue weighted by atomic mass is 10.5. The fourth-order valence-corrected chi connectivity index (χ4v) is 2.54. The maximum atomic E-state index is 11.2. The van der Waals surface area contributed by atoms with Gasteiger partial charge in [0, 0.05) is 5.38 Å². The van der Waals surface area contributed by atoms with Gasteiger partial charge in [-0.3, -0.25) is 0 Å². The summed E-state index contributed by atoms with van der Waals surface area (Å²) in [4.78, 5) is 3.94. The molecule has 0 amide bonds. The molecule has 0 aromatic carbocycles. The second kappa shape index (κ2) is 4.72. The number of nitrogen functional groups attached to an aromatic ring is 1. The second-order valence-corrected chi connectivity index (χ2v) is 5.63. The highest BCUT2D eigenvalue weighted by molar-refractivity contribution is 7.89. The fraction of sp³-hybridized carbons (Fsp3) is 0.571. The summed E-state index contributed by atoms with van der Waals surface area (Å²) in [5.74, 6) is 0.145. The van der Waals surface area contributed by atoms with E-state index in [1.54, 1.807) is 5.38 Å². The third-order valence-corrected chi connectivity index (χ3v) is 3.77. The summed E-state index contributed by atoms with van der Waals surface area (Å²) < 4.78 is 24.9. The van der Waals surface area contributed by atoms with Crippen LogP contribution < -0.4 is 10.5 Å². The van der Waals surface area contributed by atoms with Crippen LogP contribution in [0.25, 0.3) is 0 Å². The molecular formula is C7H13N3O2S2. The van der Waals surface area contributed by atoms with Crippen LogP contribution in [0, 0.1) is 0 Å². The van der Waals surface area contributed by atoms with E-state index >= 15 is 0 Å². The minimum Gasteiger partial charge on any atom is -0.375 e. The number of nitrogens with two attached hydrogens (primary N) is 1. The molecule has 0 saturated heterocycles. The Bertz CT molecular complexity index is 385. The molecule has 1 rings (SSSR count). The van der Waals surface area contributed by atoms with Gasteiger partial charge in [0.1, 0.15) is 0 Å². The molecule has 0 radical (unpaired) electrons. The minimum atomic E-state index is -3.15. The molecule has 0 fully saturated rings. The Hall–Kier alpha value is -0.660. The molecule has 3 N–H and O–H groups in total. The lowest BCUT2D eigenvalue weighted by Gasteiger charge is -2.02. The van der Waals surface area contributed by atoms with Crippen LogP contribution in [-0.2, 0) is 16.6 Å². The molecule has 7 heteroatoms. The Morgan fingerprint density at radius 2 is 2.36 bits per heavy atom. The third-order valence-electron chi connectivity index (χ3n) is 1.52. The Morgan fingerprint density at radius 3 is 2.86 bits per heavy atom. The zero-order valence-electron chi connectivity index (χ0n) is 7.86. The Balaban J connectivity index is 2.48. The first-order valence-electron chi connectivity index (χ1n) is 4.20. The first-order chi connectivity index (χ1) is 6.53. The van der Waals surface area contributed by atoms with Crippen LogP contribution in [0.3, 0.4) is 0 Å². The summed E-state index contributed by atoms with van der Waals surface area (Å²) in [6, 6.07) is 0. The van der Waals surface area contributed by atoms with Gasteiger partial charge in [0.05, 0.1) is 18.0 Å². The van der Waals surface area contributed by atoms with Crippen molar-refractivity contribution < 1.29 is 8.42 Å². The van der Waals surface area contributed by atoms with Crippen molar-refractivity contribution in [3.05, 3.63) is 11.1 Å². The van der Waals surface area contributed by atoms with Crippen molar-refractivity contribution in [3.8, 4) is 0 Å². The van der Waals surface area contributed by atoms with E-state index in [-0.39, 0.29) is 12.3 Å². The van der Waals surface area contributed by atoms with Crippen molar-refractivity contribution in [2.45, 2.75) is 19.9 Å². The number of thiazole rings is 1. The van der Waals surface area contributed by atoms with E-state index in [9.17, 15) is 8.42 Å². The molecule has 0 atom stereocenters. The van der Waals surface area contributed by atoms with Crippen molar-refractivity contribution in [3.63, 3.8) is 0 Å². The summed E-state index contributed by atoms with van der Waals surface area (Å²) in [5, 5.41) is 2.19. The molecule has 0 aliphatic heterocycles. The third kappa shape index (κ3) is 3.60. The zero-order valence-corrected chi connectivity index (χ0v) is 9.49. The number of nitrogens with one attached hydrogen (secondary N) is 1. The predicted molar refractivity (Wildman–Crippen MR) is 57.4 cm³/mol. The van der Waals surface area contributed by atoms with E-state index < -0.39 is 10.0 Å². The average Bonchev–Trinajstić information content (AvgIpc) is 2.48. The van der Waals surface area contributed by atoms with Gasteiger partial charge in [-0.15, -0.1) is 11.3 Å².